The first-order valence-electron chi connectivity index (χ1n) is 10.3. The van der Waals surface area contributed by atoms with Crippen LogP contribution in [0.25, 0.3) is 10.2 Å². The molecule has 0 bridgehead atoms. The van der Waals surface area contributed by atoms with Gasteiger partial charge in [0, 0.05) is 13.1 Å². The van der Waals surface area contributed by atoms with Crippen molar-refractivity contribution >= 4 is 55.8 Å². The molecule has 2 unspecified atom stereocenters. The number of carbonyl (C=O) groups is 3. The second kappa shape index (κ2) is 9.29. The molecular weight excluding hydrogens is 521 g/mol. The molecule has 16 heteroatoms. The third-order valence-corrected chi connectivity index (χ3v) is 6.31. The Kier molecular flexibility index (Phi) is 6.47. The summed E-state index contributed by atoms with van der Waals surface area (Å²) >= 11 is 0.936. The van der Waals surface area contributed by atoms with Crippen molar-refractivity contribution in [2.75, 3.05) is 29.2 Å². The Morgan fingerprint density at radius 3 is 2.59 bits per heavy atom. The second-order valence-corrected chi connectivity index (χ2v) is 8.90. The second-order valence-electron chi connectivity index (χ2n) is 7.87. The van der Waals surface area contributed by atoms with Crippen LogP contribution < -0.4 is 31.7 Å². The maximum atomic E-state index is 12.6. The molecule has 1 aliphatic heterocycles. The summed E-state index contributed by atoms with van der Waals surface area (Å²) in [4.78, 5) is 41.2. The SMILES string of the molecule is CN1c2ccc(C(=O)O)cc2NC1(Nc1nc2ccc(OC(F)(F)F)cc2s1)C(OCC(N)=O)C(N)=O. The van der Waals surface area contributed by atoms with Crippen LogP contribution in [0.15, 0.2) is 36.4 Å². The molecule has 1 aliphatic rings. The fourth-order valence-electron chi connectivity index (χ4n) is 3.86. The minimum atomic E-state index is -4.88. The number of hydrogen-bond donors (Lipinski definition) is 5. The Hall–Kier alpha value is -4.31. The number of benzene rings is 2. The number of aromatic nitrogens is 1. The summed E-state index contributed by atoms with van der Waals surface area (Å²) in [6, 6.07) is 7.72. The van der Waals surface area contributed by atoms with Gasteiger partial charge in [-0.1, -0.05) is 11.3 Å². The Morgan fingerprint density at radius 1 is 1.24 bits per heavy atom. The van der Waals surface area contributed by atoms with E-state index in [1.807, 2.05) is 0 Å². The summed E-state index contributed by atoms with van der Waals surface area (Å²) in [7, 11) is 1.54. The van der Waals surface area contributed by atoms with Gasteiger partial charge in [0.25, 0.3) is 5.91 Å². The molecule has 2 aromatic carbocycles. The molecule has 2 atom stereocenters. The summed E-state index contributed by atoms with van der Waals surface area (Å²) < 4.78 is 47.6. The van der Waals surface area contributed by atoms with Gasteiger partial charge in [0.05, 0.1) is 27.2 Å². The van der Waals surface area contributed by atoms with Gasteiger partial charge in [-0.25, -0.2) is 9.78 Å². The standard InChI is InChI=1S/C21H19F3N6O6S/c1-30-13-5-2-9(18(33)34)6-12(13)28-20(30,16(17(26)32)35-8-15(25)31)29-19-27-11-4-3-10(7-14(11)37-19)36-21(22,23)24/h2-7,16,28H,8H2,1H3,(H2,25,31)(H2,26,32)(H,27,29)(H,33,34). The molecule has 0 saturated carbocycles. The molecule has 4 rings (SSSR count). The van der Waals surface area contributed by atoms with Crippen molar-refractivity contribution in [3.8, 4) is 5.75 Å². The number of carbonyl (C=O) groups excluding carboxylic acids is 2. The van der Waals surface area contributed by atoms with E-state index in [0.29, 0.717) is 15.9 Å². The number of thiazole rings is 1. The van der Waals surface area contributed by atoms with E-state index in [9.17, 15) is 32.7 Å². The number of nitrogens with one attached hydrogen (secondary N) is 2. The predicted octanol–water partition coefficient (Wildman–Crippen LogP) is 1.88. The Balaban J connectivity index is 1.77. The van der Waals surface area contributed by atoms with Gasteiger partial charge in [0.2, 0.25) is 11.7 Å². The van der Waals surface area contributed by atoms with Gasteiger partial charge < -0.3 is 41.6 Å². The molecule has 196 valence electrons. The highest BCUT2D eigenvalue weighted by atomic mass is 32.1. The molecule has 2 amide bonds. The fourth-order valence-corrected chi connectivity index (χ4v) is 4.81. The van der Waals surface area contributed by atoms with E-state index in [-0.39, 0.29) is 16.4 Å². The van der Waals surface area contributed by atoms with Gasteiger partial charge in [-0.05, 0) is 30.3 Å². The largest absolute Gasteiger partial charge is 0.573 e. The first-order chi connectivity index (χ1) is 17.3. The van der Waals surface area contributed by atoms with Gasteiger partial charge in [-0.3, -0.25) is 9.59 Å². The molecule has 12 nitrogen and oxygen atoms in total. The Labute approximate surface area is 209 Å². The number of anilines is 3. The van der Waals surface area contributed by atoms with E-state index >= 15 is 0 Å². The maximum Gasteiger partial charge on any atom is 0.573 e. The van der Waals surface area contributed by atoms with Gasteiger partial charge in [0.15, 0.2) is 11.2 Å². The number of nitrogens with two attached hydrogens (primary N) is 2. The van der Waals surface area contributed by atoms with Crippen LogP contribution in [-0.2, 0) is 14.3 Å². The van der Waals surface area contributed by atoms with Crippen LogP contribution in [0.3, 0.4) is 0 Å². The molecular formula is C21H19F3N6O6S. The van der Waals surface area contributed by atoms with Crippen LogP contribution in [0.5, 0.6) is 5.75 Å². The number of halogens is 3. The number of primary amides is 2. The average Bonchev–Trinajstić information content (AvgIpc) is 3.29. The summed E-state index contributed by atoms with van der Waals surface area (Å²) in [5.74, 6) is -5.29. The van der Waals surface area contributed by atoms with E-state index < -0.39 is 48.4 Å². The van der Waals surface area contributed by atoms with E-state index in [4.69, 9.17) is 16.2 Å². The van der Waals surface area contributed by atoms with Crippen molar-refractivity contribution < 1.29 is 42.1 Å². The number of carboxylic acid groups (broad SMARTS) is 1. The van der Waals surface area contributed by atoms with Crippen molar-refractivity contribution in [2.45, 2.75) is 18.3 Å². The number of aromatic carboxylic acids is 1. The van der Waals surface area contributed by atoms with Crippen molar-refractivity contribution in [3.63, 3.8) is 0 Å². The van der Waals surface area contributed by atoms with Crippen molar-refractivity contribution in [3.05, 3.63) is 42.0 Å². The van der Waals surface area contributed by atoms with Crippen LogP contribution in [0.1, 0.15) is 10.4 Å². The zero-order chi connectivity index (χ0) is 27.1. The van der Waals surface area contributed by atoms with E-state index in [0.717, 1.165) is 23.5 Å². The van der Waals surface area contributed by atoms with Crippen molar-refractivity contribution in [2.24, 2.45) is 11.5 Å². The number of carboxylic acids is 1. The van der Waals surface area contributed by atoms with E-state index in [2.05, 4.69) is 20.4 Å². The number of rotatable bonds is 9. The number of ether oxygens (including phenoxy) is 2. The molecule has 3 aromatic rings. The molecule has 0 radical (unpaired) electrons. The van der Waals surface area contributed by atoms with E-state index in [1.165, 1.54) is 29.2 Å². The van der Waals surface area contributed by atoms with Crippen LogP contribution in [0.2, 0.25) is 0 Å². The number of likely N-dealkylation sites (N-methyl/N-ethyl adjacent to an activating group) is 1. The van der Waals surface area contributed by atoms with Gasteiger partial charge in [-0.15, -0.1) is 13.2 Å². The van der Waals surface area contributed by atoms with Crippen LogP contribution in [0.4, 0.5) is 29.7 Å². The Bertz CT molecular complexity index is 1400. The first-order valence-corrected chi connectivity index (χ1v) is 11.1. The molecule has 7 N–H and O–H groups in total. The number of amides is 2. The van der Waals surface area contributed by atoms with Gasteiger partial charge >= 0.3 is 12.3 Å². The molecule has 37 heavy (non-hydrogen) atoms. The van der Waals surface area contributed by atoms with Crippen LogP contribution in [-0.4, -0.2) is 59.8 Å². The highest BCUT2D eigenvalue weighted by Crippen LogP contribution is 2.43. The fraction of sp³-hybridized carbons (Fsp3) is 0.238. The monoisotopic (exact) mass is 540 g/mol. The van der Waals surface area contributed by atoms with Gasteiger partial charge in [0.1, 0.15) is 12.4 Å². The molecule has 0 fully saturated rings. The lowest BCUT2D eigenvalue weighted by Gasteiger charge is -2.42. The normalized spacial score (nSPS) is 17.7. The highest BCUT2D eigenvalue weighted by molar-refractivity contribution is 7.22. The first kappa shape index (κ1) is 25.8. The van der Waals surface area contributed by atoms with E-state index in [1.54, 1.807) is 7.05 Å². The molecule has 0 spiro atoms. The highest BCUT2D eigenvalue weighted by Gasteiger charge is 2.52. The minimum absolute atomic E-state index is 0.0543. The molecule has 2 heterocycles. The topological polar surface area (TPSA) is 182 Å². The van der Waals surface area contributed by atoms with Gasteiger partial charge in [-0.2, -0.15) is 0 Å². The number of alkyl halides is 3. The lowest BCUT2D eigenvalue weighted by atomic mass is 10.1. The minimum Gasteiger partial charge on any atom is -0.478 e. The Morgan fingerprint density at radius 2 is 1.97 bits per heavy atom. The number of fused-ring (bicyclic) bond motifs is 2. The summed E-state index contributed by atoms with van der Waals surface area (Å²) in [6.45, 7) is -0.679. The van der Waals surface area contributed by atoms with Crippen LogP contribution in [0, 0.1) is 0 Å². The van der Waals surface area contributed by atoms with Crippen LogP contribution >= 0.6 is 11.3 Å². The third kappa shape index (κ3) is 5.14. The molecule has 0 aliphatic carbocycles. The predicted molar refractivity (Wildman–Crippen MR) is 126 cm³/mol. The molecule has 0 saturated heterocycles. The average molecular weight is 540 g/mol. The zero-order valence-electron chi connectivity index (χ0n) is 18.8. The van der Waals surface area contributed by atoms with Crippen molar-refractivity contribution in [1.82, 2.24) is 4.98 Å². The number of hydrogen-bond acceptors (Lipinski definition) is 10. The summed E-state index contributed by atoms with van der Waals surface area (Å²) in [5, 5.41) is 15.5. The quantitative estimate of drug-likeness (QED) is 0.269. The molecule has 1 aromatic heterocycles. The summed E-state index contributed by atoms with van der Waals surface area (Å²) in [6.07, 6.45) is -6.48. The maximum absolute atomic E-state index is 12.6. The third-order valence-electron chi connectivity index (χ3n) is 5.38. The summed E-state index contributed by atoms with van der Waals surface area (Å²) in [5.41, 5.74) is 11.8. The smallest absolute Gasteiger partial charge is 0.478 e. The number of nitrogens with zero attached hydrogens (tertiary/aromatic N) is 2. The lowest BCUT2D eigenvalue weighted by Crippen LogP contribution is -2.68. The zero-order valence-corrected chi connectivity index (χ0v) is 19.6. The van der Waals surface area contributed by atoms with Crippen molar-refractivity contribution in [1.29, 1.82) is 0 Å². The lowest BCUT2D eigenvalue weighted by molar-refractivity contribution is -0.274.